The molecular formula is C22H23N3O2. The molecule has 0 fully saturated rings. The summed E-state index contributed by atoms with van der Waals surface area (Å²) >= 11 is 0. The van der Waals surface area contributed by atoms with Gasteiger partial charge < -0.3 is 15.0 Å². The fraction of sp³-hybridized carbons (Fsp3) is 0.182. The average molecular weight is 361 g/mol. The van der Waals surface area contributed by atoms with Gasteiger partial charge in [0.1, 0.15) is 11.4 Å². The van der Waals surface area contributed by atoms with Crippen LogP contribution in [-0.4, -0.2) is 31.6 Å². The number of pyridine rings is 1. The van der Waals surface area contributed by atoms with Gasteiger partial charge >= 0.3 is 0 Å². The highest BCUT2D eigenvalue weighted by molar-refractivity contribution is 6.04. The minimum Gasteiger partial charge on any atom is -0.497 e. The number of nitrogens with zero attached hydrogens (tertiary/aromatic N) is 2. The summed E-state index contributed by atoms with van der Waals surface area (Å²) in [6.45, 7) is 0.762. The summed E-state index contributed by atoms with van der Waals surface area (Å²) in [5.74, 6) is 0.714. The zero-order chi connectivity index (χ0) is 19.1. The van der Waals surface area contributed by atoms with Gasteiger partial charge in [-0.2, -0.15) is 0 Å². The molecule has 0 unspecified atom stereocenters. The van der Waals surface area contributed by atoms with Crippen LogP contribution >= 0.6 is 0 Å². The molecule has 0 aliphatic heterocycles. The average Bonchev–Trinajstić information content (AvgIpc) is 2.74. The van der Waals surface area contributed by atoms with Crippen molar-refractivity contribution in [1.29, 1.82) is 0 Å². The van der Waals surface area contributed by atoms with Crippen LogP contribution in [0.5, 0.6) is 5.75 Å². The van der Waals surface area contributed by atoms with E-state index in [0.29, 0.717) is 5.69 Å². The number of aromatic nitrogens is 1. The lowest BCUT2D eigenvalue weighted by atomic mass is 10.1. The van der Waals surface area contributed by atoms with Crippen LogP contribution in [0.4, 0.5) is 11.4 Å². The van der Waals surface area contributed by atoms with E-state index in [4.69, 9.17) is 4.74 Å². The Morgan fingerprint density at radius 2 is 1.81 bits per heavy atom. The van der Waals surface area contributed by atoms with Crippen molar-refractivity contribution in [1.82, 2.24) is 4.98 Å². The maximum Gasteiger partial charge on any atom is 0.276 e. The molecule has 0 atom stereocenters. The van der Waals surface area contributed by atoms with Crippen molar-refractivity contribution < 1.29 is 9.53 Å². The predicted molar refractivity (Wildman–Crippen MR) is 109 cm³/mol. The number of para-hydroxylation sites is 1. The van der Waals surface area contributed by atoms with E-state index < -0.39 is 0 Å². The van der Waals surface area contributed by atoms with Gasteiger partial charge in [-0.25, -0.2) is 0 Å². The van der Waals surface area contributed by atoms with E-state index in [1.165, 1.54) is 5.56 Å². The van der Waals surface area contributed by atoms with Crippen molar-refractivity contribution in [3.05, 3.63) is 84.2 Å². The first-order chi connectivity index (χ1) is 13.2. The SMILES string of the molecule is COc1ccc(CCNc2ccnc(C(=O)N(C)c3ccccc3)c2)cc1. The molecule has 3 rings (SSSR count). The van der Waals surface area contributed by atoms with Crippen molar-refractivity contribution in [3.8, 4) is 5.75 Å². The Kier molecular flexibility index (Phi) is 6.05. The third-order valence-electron chi connectivity index (χ3n) is 4.33. The second-order valence-electron chi connectivity index (χ2n) is 6.15. The number of carbonyl (C=O) groups is 1. The molecule has 0 saturated carbocycles. The normalized spacial score (nSPS) is 10.3. The predicted octanol–water partition coefficient (Wildman–Crippen LogP) is 4.02. The molecule has 138 valence electrons. The van der Waals surface area contributed by atoms with E-state index in [1.807, 2.05) is 48.5 Å². The number of benzene rings is 2. The Morgan fingerprint density at radius 1 is 1.07 bits per heavy atom. The van der Waals surface area contributed by atoms with Crippen molar-refractivity contribution in [2.45, 2.75) is 6.42 Å². The number of rotatable bonds is 7. The quantitative estimate of drug-likeness (QED) is 0.690. The van der Waals surface area contributed by atoms with Crippen LogP contribution in [0.1, 0.15) is 16.1 Å². The molecule has 1 N–H and O–H groups in total. The van der Waals surface area contributed by atoms with Gasteiger partial charge in [0.15, 0.2) is 0 Å². The maximum absolute atomic E-state index is 12.7. The Hall–Kier alpha value is -3.34. The fourth-order valence-corrected chi connectivity index (χ4v) is 2.74. The van der Waals surface area contributed by atoms with Gasteiger partial charge in [-0.05, 0) is 48.4 Å². The Bertz CT molecular complexity index is 880. The molecule has 1 amide bonds. The summed E-state index contributed by atoms with van der Waals surface area (Å²) < 4.78 is 5.17. The van der Waals surface area contributed by atoms with E-state index in [2.05, 4.69) is 22.4 Å². The number of ether oxygens (including phenoxy) is 1. The Labute approximate surface area is 159 Å². The summed E-state index contributed by atoms with van der Waals surface area (Å²) in [7, 11) is 3.41. The molecule has 5 nitrogen and oxygen atoms in total. The molecular weight excluding hydrogens is 338 g/mol. The molecule has 0 aliphatic carbocycles. The summed E-state index contributed by atoms with van der Waals surface area (Å²) in [5, 5.41) is 3.35. The number of methoxy groups -OCH3 is 1. The summed E-state index contributed by atoms with van der Waals surface area (Å²) in [4.78, 5) is 18.5. The zero-order valence-corrected chi connectivity index (χ0v) is 15.6. The lowest BCUT2D eigenvalue weighted by molar-refractivity contribution is 0.0988. The van der Waals surface area contributed by atoms with Gasteiger partial charge in [0, 0.05) is 31.2 Å². The van der Waals surface area contributed by atoms with Crippen LogP contribution in [0.25, 0.3) is 0 Å². The van der Waals surface area contributed by atoms with Crippen LogP contribution in [0.2, 0.25) is 0 Å². The first kappa shape index (κ1) is 18.5. The van der Waals surface area contributed by atoms with Gasteiger partial charge in [0.2, 0.25) is 0 Å². The third kappa shape index (κ3) is 4.85. The molecule has 0 aliphatic rings. The lowest BCUT2D eigenvalue weighted by Gasteiger charge is -2.17. The second kappa shape index (κ2) is 8.85. The van der Waals surface area contributed by atoms with Crippen molar-refractivity contribution in [3.63, 3.8) is 0 Å². The smallest absolute Gasteiger partial charge is 0.276 e. The molecule has 0 spiro atoms. The third-order valence-corrected chi connectivity index (χ3v) is 4.33. The minimum absolute atomic E-state index is 0.139. The molecule has 0 radical (unpaired) electrons. The summed E-state index contributed by atoms with van der Waals surface area (Å²) in [5.41, 5.74) is 3.35. The fourth-order valence-electron chi connectivity index (χ4n) is 2.74. The molecule has 5 heteroatoms. The van der Waals surface area contributed by atoms with Crippen LogP contribution in [-0.2, 0) is 6.42 Å². The molecule has 0 saturated heterocycles. The number of amides is 1. The van der Waals surface area contributed by atoms with Gasteiger partial charge in [-0.1, -0.05) is 30.3 Å². The maximum atomic E-state index is 12.7. The lowest BCUT2D eigenvalue weighted by Crippen LogP contribution is -2.27. The van der Waals surface area contributed by atoms with Crippen molar-refractivity contribution in [2.75, 3.05) is 30.9 Å². The Balaban J connectivity index is 1.60. The molecule has 3 aromatic rings. The summed E-state index contributed by atoms with van der Waals surface area (Å²) in [6, 6.07) is 21.2. The zero-order valence-electron chi connectivity index (χ0n) is 15.6. The monoisotopic (exact) mass is 361 g/mol. The van der Waals surface area contributed by atoms with Crippen molar-refractivity contribution in [2.24, 2.45) is 0 Å². The van der Waals surface area contributed by atoms with E-state index in [1.54, 1.807) is 31.3 Å². The van der Waals surface area contributed by atoms with Gasteiger partial charge in [-0.3, -0.25) is 9.78 Å². The second-order valence-corrected chi connectivity index (χ2v) is 6.15. The minimum atomic E-state index is -0.139. The standard InChI is InChI=1S/C22H23N3O2/c1-25(19-6-4-3-5-7-19)22(26)21-16-18(13-15-24-21)23-14-12-17-8-10-20(27-2)11-9-17/h3-11,13,15-16H,12,14H2,1-2H3,(H,23,24). The highest BCUT2D eigenvalue weighted by Crippen LogP contribution is 2.16. The van der Waals surface area contributed by atoms with E-state index in [-0.39, 0.29) is 5.91 Å². The molecule has 1 aromatic heterocycles. The van der Waals surface area contributed by atoms with Crippen LogP contribution in [0.15, 0.2) is 72.9 Å². The number of carbonyl (C=O) groups excluding carboxylic acids is 1. The van der Waals surface area contributed by atoms with Crippen LogP contribution < -0.4 is 15.0 Å². The molecule has 0 bridgehead atoms. The van der Waals surface area contributed by atoms with Crippen LogP contribution in [0.3, 0.4) is 0 Å². The topological polar surface area (TPSA) is 54.5 Å². The van der Waals surface area contributed by atoms with Gasteiger partial charge in [0.25, 0.3) is 5.91 Å². The number of hydrogen-bond acceptors (Lipinski definition) is 4. The first-order valence-corrected chi connectivity index (χ1v) is 8.83. The number of nitrogens with one attached hydrogen (secondary N) is 1. The van der Waals surface area contributed by atoms with Gasteiger partial charge in [-0.15, -0.1) is 0 Å². The van der Waals surface area contributed by atoms with Gasteiger partial charge in [0.05, 0.1) is 7.11 Å². The number of hydrogen-bond donors (Lipinski definition) is 1. The highest BCUT2D eigenvalue weighted by Gasteiger charge is 2.15. The molecule has 27 heavy (non-hydrogen) atoms. The number of anilines is 2. The van der Waals surface area contributed by atoms with E-state index in [0.717, 1.165) is 30.1 Å². The molecule has 2 aromatic carbocycles. The van der Waals surface area contributed by atoms with E-state index in [9.17, 15) is 4.79 Å². The van der Waals surface area contributed by atoms with E-state index >= 15 is 0 Å². The largest absolute Gasteiger partial charge is 0.497 e. The molecule has 1 heterocycles. The highest BCUT2D eigenvalue weighted by atomic mass is 16.5. The first-order valence-electron chi connectivity index (χ1n) is 8.83. The van der Waals surface area contributed by atoms with Crippen molar-refractivity contribution >= 4 is 17.3 Å². The Morgan fingerprint density at radius 3 is 2.52 bits per heavy atom. The summed E-state index contributed by atoms with van der Waals surface area (Å²) in [6.07, 6.45) is 2.53. The van der Waals surface area contributed by atoms with Crippen LogP contribution in [0, 0.1) is 0 Å².